The molecule has 2 aliphatic rings. The lowest BCUT2D eigenvalue weighted by Gasteiger charge is -2.24. The van der Waals surface area contributed by atoms with Gasteiger partial charge in [-0.25, -0.2) is 0 Å². The molecule has 2 aromatic rings. The first-order chi connectivity index (χ1) is 11.6. The number of fused-ring (bicyclic) bond motifs is 2. The topological polar surface area (TPSA) is 21.3 Å². The molecule has 0 aromatic heterocycles. The van der Waals surface area contributed by atoms with Crippen molar-refractivity contribution in [3.05, 3.63) is 71.3 Å². The second kappa shape index (κ2) is 5.55. The van der Waals surface area contributed by atoms with Gasteiger partial charge in [0.1, 0.15) is 5.75 Å². The first-order valence-electron chi connectivity index (χ1n) is 8.56. The van der Waals surface area contributed by atoms with E-state index in [0.717, 1.165) is 30.0 Å². The minimum atomic E-state index is 0.0825. The van der Waals surface area contributed by atoms with E-state index in [2.05, 4.69) is 49.5 Å². The van der Waals surface area contributed by atoms with Gasteiger partial charge in [-0.15, -0.1) is 0 Å². The van der Waals surface area contributed by atoms with Crippen LogP contribution in [0.15, 0.2) is 60.2 Å². The van der Waals surface area contributed by atoms with E-state index in [4.69, 9.17) is 4.74 Å². The summed E-state index contributed by atoms with van der Waals surface area (Å²) in [6, 6.07) is 14.8. The molecule has 0 aliphatic heterocycles. The maximum atomic E-state index is 5.22. The van der Waals surface area contributed by atoms with Crippen LogP contribution in [0, 0.1) is 0 Å². The smallest absolute Gasteiger partial charge is 0.119 e. The summed E-state index contributed by atoms with van der Waals surface area (Å²) in [5.41, 5.74) is 8.18. The van der Waals surface area contributed by atoms with Crippen molar-refractivity contribution in [2.45, 2.75) is 32.1 Å². The number of benzene rings is 2. The van der Waals surface area contributed by atoms with Gasteiger partial charge < -0.3 is 10.1 Å². The molecule has 0 heterocycles. The minimum absolute atomic E-state index is 0.0825. The predicted octanol–water partition coefficient (Wildman–Crippen LogP) is 5.83. The Kier molecular flexibility index (Phi) is 3.49. The largest absolute Gasteiger partial charge is 0.497 e. The monoisotopic (exact) mass is 317 g/mol. The van der Waals surface area contributed by atoms with E-state index < -0.39 is 0 Å². The lowest BCUT2D eigenvalue weighted by molar-refractivity contribution is 0.415. The Balaban J connectivity index is 1.67. The average molecular weight is 317 g/mol. The van der Waals surface area contributed by atoms with Crippen molar-refractivity contribution in [2.24, 2.45) is 0 Å². The second-order valence-corrected chi connectivity index (χ2v) is 7.07. The van der Waals surface area contributed by atoms with Gasteiger partial charge in [0.2, 0.25) is 0 Å². The van der Waals surface area contributed by atoms with Gasteiger partial charge >= 0.3 is 0 Å². The molecule has 2 aliphatic carbocycles. The SMILES string of the molecule is COc1ccc(Nc2ccc3c(c2)C(C)(C)C2=C3CCC=C2)cc1. The molecule has 0 saturated carbocycles. The maximum absolute atomic E-state index is 5.22. The normalized spacial score (nSPS) is 17.5. The van der Waals surface area contributed by atoms with Crippen LogP contribution in [-0.4, -0.2) is 7.11 Å². The summed E-state index contributed by atoms with van der Waals surface area (Å²) in [4.78, 5) is 0. The zero-order valence-corrected chi connectivity index (χ0v) is 14.5. The van der Waals surface area contributed by atoms with Gasteiger partial charge in [0.15, 0.2) is 0 Å². The van der Waals surface area contributed by atoms with Crippen LogP contribution in [0.5, 0.6) is 5.75 Å². The van der Waals surface area contributed by atoms with E-state index in [-0.39, 0.29) is 5.41 Å². The third-order valence-corrected chi connectivity index (χ3v) is 5.24. The van der Waals surface area contributed by atoms with Crippen molar-refractivity contribution < 1.29 is 4.74 Å². The van der Waals surface area contributed by atoms with E-state index in [1.807, 2.05) is 24.3 Å². The molecule has 0 spiro atoms. The summed E-state index contributed by atoms with van der Waals surface area (Å²) in [6.45, 7) is 4.67. The van der Waals surface area contributed by atoms with E-state index in [9.17, 15) is 0 Å². The van der Waals surface area contributed by atoms with Crippen molar-refractivity contribution in [1.82, 2.24) is 0 Å². The van der Waals surface area contributed by atoms with Crippen LogP contribution in [-0.2, 0) is 5.41 Å². The summed E-state index contributed by atoms with van der Waals surface area (Å²) in [6.07, 6.45) is 6.95. The fourth-order valence-corrected chi connectivity index (χ4v) is 3.92. The fraction of sp³-hybridized carbons (Fsp3) is 0.273. The lowest BCUT2D eigenvalue weighted by atomic mass is 9.80. The fourth-order valence-electron chi connectivity index (χ4n) is 3.92. The zero-order valence-electron chi connectivity index (χ0n) is 14.5. The molecule has 0 bridgehead atoms. The highest BCUT2D eigenvalue weighted by atomic mass is 16.5. The molecular formula is C22H23NO. The van der Waals surface area contributed by atoms with Gasteiger partial charge in [-0.1, -0.05) is 32.1 Å². The van der Waals surface area contributed by atoms with E-state index >= 15 is 0 Å². The highest BCUT2D eigenvalue weighted by molar-refractivity contribution is 5.84. The quantitative estimate of drug-likeness (QED) is 0.768. The van der Waals surface area contributed by atoms with Crippen molar-refractivity contribution in [2.75, 3.05) is 12.4 Å². The average Bonchev–Trinajstić information content (AvgIpc) is 2.84. The molecule has 2 nitrogen and oxygen atoms in total. The number of ether oxygens (including phenoxy) is 1. The Morgan fingerprint density at radius 2 is 1.75 bits per heavy atom. The standard InChI is InChI=1S/C22H23NO/c1-22(2)20-7-5-4-6-18(20)19-13-10-16(14-21(19)22)23-15-8-11-17(24-3)12-9-15/h5,7-14,23H,4,6H2,1-3H3. The number of methoxy groups -OCH3 is 1. The molecule has 0 saturated heterocycles. The van der Waals surface area contributed by atoms with Crippen molar-refractivity contribution in [3.63, 3.8) is 0 Å². The molecule has 2 aromatic carbocycles. The van der Waals surface area contributed by atoms with Crippen LogP contribution >= 0.6 is 0 Å². The van der Waals surface area contributed by atoms with Crippen molar-refractivity contribution in [1.29, 1.82) is 0 Å². The minimum Gasteiger partial charge on any atom is -0.497 e. The Morgan fingerprint density at radius 1 is 1.00 bits per heavy atom. The first kappa shape index (κ1) is 15.1. The molecule has 0 atom stereocenters. The zero-order chi connectivity index (χ0) is 16.7. The van der Waals surface area contributed by atoms with Gasteiger partial charge in [-0.05, 0) is 71.5 Å². The summed E-state index contributed by atoms with van der Waals surface area (Å²) in [7, 11) is 1.69. The molecule has 0 fully saturated rings. The molecule has 2 heteroatoms. The van der Waals surface area contributed by atoms with Gasteiger partial charge in [0, 0.05) is 16.8 Å². The second-order valence-electron chi connectivity index (χ2n) is 7.07. The molecule has 0 radical (unpaired) electrons. The Hall–Kier alpha value is -2.48. The number of allylic oxidation sites excluding steroid dienone is 4. The third kappa shape index (κ3) is 2.34. The summed E-state index contributed by atoms with van der Waals surface area (Å²) < 4.78 is 5.22. The molecule has 24 heavy (non-hydrogen) atoms. The summed E-state index contributed by atoms with van der Waals surface area (Å²) in [5.74, 6) is 0.874. The molecule has 4 rings (SSSR count). The van der Waals surface area contributed by atoms with Crippen molar-refractivity contribution >= 4 is 16.9 Å². The van der Waals surface area contributed by atoms with E-state index in [1.165, 1.54) is 22.3 Å². The van der Waals surface area contributed by atoms with Crippen LogP contribution < -0.4 is 10.1 Å². The third-order valence-electron chi connectivity index (χ3n) is 5.24. The van der Waals surface area contributed by atoms with Crippen LogP contribution in [0.25, 0.3) is 5.57 Å². The number of nitrogens with one attached hydrogen (secondary N) is 1. The number of anilines is 2. The Morgan fingerprint density at radius 3 is 2.50 bits per heavy atom. The van der Waals surface area contributed by atoms with Crippen LogP contribution in [0.2, 0.25) is 0 Å². The summed E-state index contributed by atoms with van der Waals surface area (Å²) in [5, 5.41) is 3.51. The number of hydrogen-bond donors (Lipinski definition) is 1. The molecule has 122 valence electrons. The van der Waals surface area contributed by atoms with E-state index in [0.29, 0.717) is 0 Å². The Labute approximate surface area is 143 Å². The first-order valence-corrected chi connectivity index (χ1v) is 8.56. The Bertz CT molecular complexity index is 841. The summed E-state index contributed by atoms with van der Waals surface area (Å²) >= 11 is 0. The lowest BCUT2D eigenvalue weighted by Crippen LogP contribution is -2.16. The highest BCUT2D eigenvalue weighted by Crippen LogP contribution is 2.50. The van der Waals surface area contributed by atoms with Gasteiger partial charge in [0.25, 0.3) is 0 Å². The predicted molar refractivity (Wildman–Crippen MR) is 101 cm³/mol. The van der Waals surface area contributed by atoms with Crippen LogP contribution in [0.4, 0.5) is 11.4 Å². The maximum Gasteiger partial charge on any atom is 0.119 e. The van der Waals surface area contributed by atoms with Gasteiger partial charge in [-0.2, -0.15) is 0 Å². The molecule has 0 amide bonds. The van der Waals surface area contributed by atoms with Crippen LogP contribution in [0.3, 0.4) is 0 Å². The molecular weight excluding hydrogens is 294 g/mol. The van der Waals surface area contributed by atoms with Gasteiger partial charge in [0.05, 0.1) is 7.11 Å². The molecule has 1 N–H and O–H groups in total. The van der Waals surface area contributed by atoms with Gasteiger partial charge in [-0.3, -0.25) is 0 Å². The van der Waals surface area contributed by atoms with Crippen molar-refractivity contribution in [3.8, 4) is 5.75 Å². The van der Waals surface area contributed by atoms with E-state index in [1.54, 1.807) is 7.11 Å². The van der Waals surface area contributed by atoms with Crippen LogP contribution in [0.1, 0.15) is 37.8 Å². The highest BCUT2D eigenvalue weighted by Gasteiger charge is 2.36. The number of rotatable bonds is 3. The number of hydrogen-bond acceptors (Lipinski definition) is 2. The molecule has 0 unspecified atom stereocenters.